The number of rotatable bonds is 2. The van der Waals surface area contributed by atoms with Gasteiger partial charge in [0.2, 0.25) is 5.95 Å². The molecule has 1 aliphatic heterocycles. The molecule has 5 nitrogen and oxygen atoms in total. The highest BCUT2D eigenvalue weighted by Crippen LogP contribution is 2.34. The quantitative estimate of drug-likeness (QED) is 0.831. The van der Waals surface area contributed by atoms with Gasteiger partial charge in [0.1, 0.15) is 0 Å². The summed E-state index contributed by atoms with van der Waals surface area (Å²) in [6.45, 7) is 1.88. The van der Waals surface area contributed by atoms with Gasteiger partial charge in [-0.05, 0) is 0 Å². The SMILES string of the molecule is COc1cc2nc3n(c2cc1OC)CCN3. The standard InChI is InChI=1S/C11H13N3O2/c1-15-9-5-7-8(6-10(9)16-2)14-4-3-12-11(14)13-7/h5-6H,3-4H2,1-2H3,(H,12,13). The van der Waals surface area contributed by atoms with Crippen LogP contribution in [-0.2, 0) is 6.54 Å². The Morgan fingerprint density at radius 2 is 2.00 bits per heavy atom. The summed E-state index contributed by atoms with van der Waals surface area (Å²) in [4.78, 5) is 4.49. The van der Waals surface area contributed by atoms with Crippen LogP contribution >= 0.6 is 0 Å². The fourth-order valence-electron chi connectivity index (χ4n) is 2.09. The molecule has 1 aromatic carbocycles. The zero-order valence-electron chi connectivity index (χ0n) is 9.28. The van der Waals surface area contributed by atoms with Gasteiger partial charge in [-0.2, -0.15) is 0 Å². The van der Waals surface area contributed by atoms with Gasteiger partial charge < -0.3 is 19.4 Å². The fraction of sp³-hybridized carbons (Fsp3) is 0.364. The van der Waals surface area contributed by atoms with Crippen molar-refractivity contribution in [2.24, 2.45) is 0 Å². The lowest BCUT2D eigenvalue weighted by molar-refractivity contribution is 0.355. The van der Waals surface area contributed by atoms with Crippen molar-refractivity contribution in [3.63, 3.8) is 0 Å². The predicted octanol–water partition coefficient (Wildman–Crippen LogP) is 1.48. The van der Waals surface area contributed by atoms with Gasteiger partial charge in [0, 0.05) is 25.2 Å². The van der Waals surface area contributed by atoms with Crippen LogP contribution in [0.15, 0.2) is 12.1 Å². The molecule has 84 valence electrons. The molecule has 0 spiro atoms. The molecule has 5 heteroatoms. The molecule has 0 radical (unpaired) electrons. The Labute approximate surface area is 93.0 Å². The highest BCUT2D eigenvalue weighted by Gasteiger charge is 2.17. The molecule has 0 unspecified atom stereocenters. The van der Waals surface area contributed by atoms with Crippen LogP contribution < -0.4 is 14.8 Å². The summed E-state index contributed by atoms with van der Waals surface area (Å²) in [5, 5.41) is 3.23. The Balaban J connectivity index is 2.27. The number of nitrogens with zero attached hydrogens (tertiary/aromatic N) is 2. The van der Waals surface area contributed by atoms with Gasteiger partial charge in [0.15, 0.2) is 11.5 Å². The minimum atomic E-state index is 0.715. The summed E-state index contributed by atoms with van der Waals surface area (Å²) < 4.78 is 12.7. The number of anilines is 1. The molecule has 0 atom stereocenters. The van der Waals surface area contributed by atoms with Crippen LogP contribution in [0.2, 0.25) is 0 Å². The Morgan fingerprint density at radius 3 is 2.75 bits per heavy atom. The normalized spacial score (nSPS) is 13.6. The minimum Gasteiger partial charge on any atom is -0.493 e. The molecule has 0 bridgehead atoms. The van der Waals surface area contributed by atoms with Gasteiger partial charge in [-0.15, -0.1) is 0 Å². The second-order valence-electron chi connectivity index (χ2n) is 3.71. The van der Waals surface area contributed by atoms with Crippen molar-refractivity contribution in [3.8, 4) is 11.5 Å². The van der Waals surface area contributed by atoms with Crippen LogP contribution in [0.4, 0.5) is 5.95 Å². The van der Waals surface area contributed by atoms with E-state index in [0.717, 1.165) is 35.8 Å². The van der Waals surface area contributed by atoms with Crippen molar-refractivity contribution in [3.05, 3.63) is 12.1 Å². The molecular weight excluding hydrogens is 206 g/mol. The lowest BCUT2D eigenvalue weighted by Gasteiger charge is -2.07. The summed E-state index contributed by atoms with van der Waals surface area (Å²) in [6, 6.07) is 3.87. The monoisotopic (exact) mass is 219 g/mol. The van der Waals surface area contributed by atoms with Gasteiger partial charge in [-0.25, -0.2) is 4.98 Å². The second kappa shape index (κ2) is 3.30. The van der Waals surface area contributed by atoms with Crippen LogP contribution in [0.5, 0.6) is 11.5 Å². The van der Waals surface area contributed by atoms with E-state index < -0.39 is 0 Å². The first kappa shape index (κ1) is 9.33. The summed E-state index contributed by atoms with van der Waals surface area (Å²) >= 11 is 0. The third kappa shape index (κ3) is 1.14. The smallest absolute Gasteiger partial charge is 0.204 e. The number of benzene rings is 1. The molecule has 0 aliphatic carbocycles. The molecule has 1 N–H and O–H groups in total. The van der Waals surface area contributed by atoms with Crippen molar-refractivity contribution in [2.45, 2.75) is 6.54 Å². The molecule has 0 fully saturated rings. The van der Waals surface area contributed by atoms with E-state index in [1.807, 2.05) is 12.1 Å². The highest BCUT2D eigenvalue weighted by atomic mass is 16.5. The number of hydrogen-bond acceptors (Lipinski definition) is 4. The average Bonchev–Trinajstić information content (AvgIpc) is 2.87. The first-order valence-corrected chi connectivity index (χ1v) is 5.19. The number of hydrogen-bond donors (Lipinski definition) is 1. The van der Waals surface area contributed by atoms with Crippen LogP contribution in [0.25, 0.3) is 11.0 Å². The zero-order valence-corrected chi connectivity index (χ0v) is 9.28. The second-order valence-corrected chi connectivity index (χ2v) is 3.71. The maximum atomic E-state index is 5.29. The van der Waals surface area contributed by atoms with Crippen LogP contribution in [0.1, 0.15) is 0 Å². The molecule has 3 rings (SSSR count). The Kier molecular flexibility index (Phi) is 1.92. The molecule has 16 heavy (non-hydrogen) atoms. The van der Waals surface area contributed by atoms with Gasteiger partial charge in [0.05, 0.1) is 25.3 Å². The van der Waals surface area contributed by atoms with Crippen LogP contribution in [0.3, 0.4) is 0 Å². The first-order valence-electron chi connectivity index (χ1n) is 5.19. The molecule has 2 heterocycles. The molecule has 0 amide bonds. The Morgan fingerprint density at radius 1 is 1.25 bits per heavy atom. The molecule has 0 saturated carbocycles. The maximum Gasteiger partial charge on any atom is 0.204 e. The molecule has 2 aromatic rings. The first-order chi connectivity index (χ1) is 7.83. The zero-order chi connectivity index (χ0) is 11.1. The lowest BCUT2D eigenvalue weighted by atomic mass is 10.2. The fourth-order valence-corrected chi connectivity index (χ4v) is 2.09. The Hall–Kier alpha value is -1.91. The van der Waals surface area contributed by atoms with Crippen molar-refractivity contribution in [1.29, 1.82) is 0 Å². The predicted molar refractivity (Wildman–Crippen MR) is 61.3 cm³/mol. The van der Waals surface area contributed by atoms with Crippen molar-refractivity contribution < 1.29 is 9.47 Å². The van der Waals surface area contributed by atoms with E-state index in [9.17, 15) is 0 Å². The number of methoxy groups -OCH3 is 2. The summed E-state index contributed by atoms with van der Waals surface area (Å²) in [5.74, 6) is 2.38. The third-order valence-electron chi connectivity index (χ3n) is 2.87. The largest absolute Gasteiger partial charge is 0.493 e. The number of fused-ring (bicyclic) bond motifs is 3. The van der Waals surface area contributed by atoms with E-state index in [0.29, 0.717) is 5.75 Å². The van der Waals surface area contributed by atoms with Gasteiger partial charge in [0.25, 0.3) is 0 Å². The Bertz CT molecular complexity index is 548. The maximum absolute atomic E-state index is 5.29. The summed E-state index contributed by atoms with van der Waals surface area (Å²) in [6.07, 6.45) is 0. The van der Waals surface area contributed by atoms with Gasteiger partial charge in [-0.1, -0.05) is 0 Å². The van der Waals surface area contributed by atoms with Crippen molar-refractivity contribution >= 4 is 17.0 Å². The molecule has 0 saturated heterocycles. The van der Waals surface area contributed by atoms with Gasteiger partial charge >= 0.3 is 0 Å². The van der Waals surface area contributed by atoms with E-state index >= 15 is 0 Å². The van der Waals surface area contributed by atoms with E-state index in [1.165, 1.54) is 0 Å². The average molecular weight is 219 g/mol. The summed E-state index contributed by atoms with van der Waals surface area (Å²) in [7, 11) is 3.27. The number of aromatic nitrogens is 2. The van der Waals surface area contributed by atoms with E-state index in [2.05, 4.69) is 14.9 Å². The number of nitrogens with one attached hydrogen (secondary N) is 1. The van der Waals surface area contributed by atoms with Crippen LogP contribution in [-0.4, -0.2) is 30.3 Å². The topological polar surface area (TPSA) is 48.3 Å². The number of imidazole rings is 1. The lowest BCUT2D eigenvalue weighted by Crippen LogP contribution is -1.96. The van der Waals surface area contributed by atoms with E-state index in [-0.39, 0.29) is 0 Å². The van der Waals surface area contributed by atoms with Crippen LogP contribution in [0, 0.1) is 0 Å². The highest BCUT2D eigenvalue weighted by molar-refractivity contribution is 5.83. The molecular formula is C11H13N3O2. The van der Waals surface area contributed by atoms with Crippen molar-refractivity contribution in [1.82, 2.24) is 9.55 Å². The minimum absolute atomic E-state index is 0.715. The molecule has 1 aliphatic rings. The molecule has 1 aromatic heterocycles. The number of ether oxygens (including phenoxy) is 2. The van der Waals surface area contributed by atoms with Crippen molar-refractivity contribution in [2.75, 3.05) is 26.1 Å². The van der Waals surface area contributed by atoms with E-state index in [4.69, 9.17) is 9.47 Å². The van der Waals surface area contributed by atoms with E-state index in [1.54, 1.807) is 14.2 Å². The summed E-state index contributed by atoms with van der Waals surface area (Å²) in [5.41, 5.74) is 2.01. The third-order valence-corrected chi connectivity index (χ3v) is 2.87. The van der Waals surface area contributed by atoms with Gasteiger partial charge in [-0.3, -0.25) is 0 Å².